The van der Waals surface area contributed by atoms with Gasteiger partial charge in [0.25, 0.3) is 0 Å². The predicted molar refractivity (Wildman–Crippen MR) is 158 cm³/mol. The zero-order chi connectivity index (χ0) is 26.7. The highest BCUT2D eigenvalue weighted by molar-refractivity contribution is 6.00. The molecule has 3 aromatic carbocycles. The normalized spacial score (nSPS) is 12.9. The molecule has 0 saturated carbocycles. The van der Waals surface area contributed by atoms with E-state index in [9.17, 15) is 4.39 Å². The summed E-state index contributed by atoms with van der Waals surface area (Å²) in [6, 6.07) is 26.6. The van der Waals surface area contributed by atoms with Crippen LogP contribution in [0.2, 0.25) is 0 Å². The molecule has 0 spiro atoms. The fraction of sp³-hybridized carbons (Fsp3) is 0.212. The second-order valence-electron chi connectivity index (χ2n) is 9.24. The van der Waals surface area contributed by atoms with Gasteiger partial charge >= 0.3 is 0 Å². The Morgan fingerprint density at radius 2 is 1.76 bits per heavy atom. The Bertz CT molecular complexity index is 1380. The van der Waals surface area contributed by atoms with Crippen LogP contribution in [0, 0.1) is 0 Å². The maximum Gasteiger partial charge on any atom is 0.119 e. The fourth-order valence-corrected chi connectivity index (χ4v) is 4.44. The summed E-state index contributed by atoms with van der Waals surface area (Å²) in [7, 11) is 1.85. The van der Waals surface area contributed by atoms with E-state index in [0.29, 0.717) is 13.0 Å². The van der Waals surface area contributed by atoms with Crippen molar-refractivity contribution in [3.05, 3.63) is 126 Å². The average molecular weight is 510 g/mol. The molecule has 0 amide bonds. The lowest BCUT2D eigenvalue weighted by atomic mass is 9.86. The van der Waals surface area contributed by atoms with Gasteiger partial charge in [-0.15, -0.1) is 0 Å². The Labute approximate surface area is 224 Å². The standard InChI is InChI=1S/C33H36FN3O/c1-24(34)22-31(26-9-5-4-6-10-26)33(29-13-16-32-28(23-29)17-19-37-32)27-11-14-30(15-12-27)38-21-20-36-18-7-8-25(2)35-3/h4-17,19,23-24,35-37H,2,18,20-22H2,1,3H3/b8-7+,33-31+. The maximum absolute atomic E-state index is 14.5. The number of hydrogen-bond acceptors (Lipinski definition) is 3. The van der Waals surface area contributed by atoms with E-state index in [-0.39, 0.29) is 0 Å². The summed E-state index contributed by atoms with van der Waals surface area (Å²) in [5.41, 5.74) is 7.09. The minimum absolute atomic E-state index is 0.324. The summed E-state index contributed by atoms with van der Waals surface area (Å²) >= 11 is 0. The lowest BCUT2D eigenvalue weighted by Crippen LogP contribution is -2.21. The van der Waals surface area contributed by atoms with Gasteiger partial charge in [0, 0.05) is 44.0 Å². The molecule has 4 aromatic rings. The summed E-state index contributed by atoms with van der Waals surface area (Å²) in [4.78, 5) is 3.26. The predicted octanol–water partition coefficient (Wildman–Crippen LogP) is 7.13. The molecule has 0 aliphatic carbocycles. The van der Waals surface area contributed by atoms with Gasteiger partial charge in [-0.3, -0.25) is 0 Å². The molecule has 38 heavy (non-hydrogen) atoms. The Kier molecular flexibility index (Phi) is 9.54. The van der Waals surface area contributed by atoms with Crippen molar-refractivity contribution >= 4 is 22.0 Å². The minimum Gasteiger partial charge on any atom is -0.492 e. The van der Waals surface area contributed by atoms with Gasteiger partial charge < -0.3 is 20.4 Å². The van der Waals surface area contributed by atoms with E-state index in [1.54, 1.807) is 6.92 Å². The van der Waals surface area contributed by atoms with Gasteiger partial charge in [-0.2, -0.15) is 0 Å². The van der Waals surface area contributed by atoms with Crippen LogP contribution in [-0.4, -0.2) is 37.9 Å². The fourth-order valence-electron chi connectivity index (χ4n) is 4.44. The molecule has 0 fully saturated rings. The summed E-state index contributed by atoms with van der Waals surface area (Å²) in [6.07, 6.45) is 5.26. The first-order chi connectivity index (χ1) is 18.5. The van der Waals surface area contributed by atoms with Crippen LogP contribution in [-0.2, 0) is 0 Å². The highest BCUT2D eigenvalue weighted by atomic mass is 19.1. The molecule has 3 N–H and O–H groups in total. The lowest BCUT2D eigenvalue weighted by molar-refractivity contribution is 0.316. The van der Waals surface area contributed by atoms with Crippen LogP contribution in [0.5, 0.6) is 5.75 Å². The summed E-state index contributed by atoms with van der Waals surface area (Å²) in [5, 5.41) is 7.43. The molecule has 5 heteroatoms. The number of hydrogen-bond donors (Lipinski definition) is 3. The first-order valence-corrected chi connectivity index (χ1v) is 13.0. The number of halogens is 1. The number of allylic oxidation sites excluding steroid dienone is 2. The number of alkyl halides is 1. The quantitative estimate of drug-likeness (QED) is 0.102. The third-order valence-electron chi connectivity index (χ3n) is 6.34. The first kappa shape index (κ1) is 27.0. The number of ether oxygens (including phenoxy) is 1. The molecular weight excluding hydrogens is 473 g/mol. The van der Waals surface area contributed by atoms with Crippen molar-refractivity contribution < 1.29 is 9.13 Å². The van der Waals surface area contributed by atoms with Crippen molar-refractivity contribution in [2.75, 3.05) is 26.7 Å². The summed E-state index contributed by atoms with van der Waals surface area (Å²) < 4.78 is 20.5. The van der Waals surface area contributed by atoms with Crippen LogP contribution in [0.25, 0.3) is 22.0 Å². The van der Waals surface area contributed by atoms with Crippen LogP contribution >= 0.6 is 0 Å². The van der Waals surface area contributed by atoms with E-state index in [1.807, 2.05) is 55.7 Å². The number of nitrogens with one attached hydrogen (secondary N) is 3. The molecule has 1 heterocycles. The van der Waals surface area contributed by atoms with Crippen molar-refractivity contribution in [3.8, 4) is 5.75 Å². The van der Waals surface area contributed by atoms with Crippen molar-refractivity contribution in [3.63, 3.8) is 0 Å². The van der Waals surface area contributed by atoms with Gasteiger partial charge in [-0.1, -0.05) is 61.2 Å². The van der Waals surface area contributed by atoms with E-state index in [4.69, 9.17) is 4.74 Å². The molecule has 1 aromatic heterocycles. The second-order valence-corrected chi connectivity index (χ2v) is 9.24. The third-order valence-corrected chi connectivity index (χ3v) is 6.34. The SMILES string of the molecule is C=C(/C=C/CNCCOc1ccc(/C(=C(/CC(C)F)c2ccccc2)c2ccc3[nH]ccc3c2)cc1)NC. The first-order valence-electron chi connectivity index (χ1n) is 13.0. The van der Waals surface area contributed by atoms with Crippen molar-refractivity contribution in [2.24, 2.45) is 0 Å². The molecule has 0 radical (unpaired) electrons. The van der Waals surface area contributed by atoms with Gasteiger partial charge in [0.1, 0.15) is 18.5 Å². The van der Waals surface area contributed by atoms with Crippen LogP contribution < -0.4 is 15.4 Å². The monoisotopic (exact) mass is 509 g/mol. The van der Waals surface area contributed by atoms with E-state index < -0.39 is 6.17 Å². The minimum atomic E-state index is -0.975. The van der Waals surface area contributed by atoms with Crippen LogP contribution in [0.1, 0.15) is 30.0 Å². The molecule has 1 unspecified atom stereocenters. The van der Waals surface area contributed by atoms with Crippen molar-refractivity contribution in [1.82, 2.24) is 15.6 Å². The number of likely N-dealkylation sites (N-methyl/N-ethyl adjacent to an activating group) is 1. The Morgan fingerprint density at radius 3 is 2.50 bits per heavy atom. The molecule has 0 saturated heterocycles. The van der Waals surface area contributed by atoms with Crippen LogP contribution in [0.3, 0.4) is 0 Å². The van der Waals surface area contributed by atoms with Crippen LogP contribution in [0.4, 0.5) is 4.39 Å². The summed E-state index contributed by atoms with van der Waals surface area (Å²) in [6.45, 7) is 7.52. The largest absolute Gasteiger partial charge is 0.492 e. The number of H-pyrrole nitrogens is 1. The Morgan fingerprint density at radius 1 is 1.00 bits per heavy atom. The van der Waals surface area contributed by atoms with E-state index in [2.05, 4.69) is 70.7 Å². The molecule has 1 atom stereocenters. The van der Waals surface area contributed by atoms with Gasteiger partial charge in [0.2, 0.25) is 0 Å². The van der Waals surface area contributed by atoms with Crippen LogP contribution in [0.15, 0.2) is 109 Å². The maximum atomic E-state index is 14.5. The molecular formula is C33H36FN3O. The third kappa shape index (κ3) is 7.24. The molecule has 4 nitrogen and oxygen atoms in total. The van der Waals surface area contributed by atoms with E-state index >= 15 is 0 Å². The zero-order valence-electron chi connectivity index (χ0n) is 22.1. The van der Waals surface area contributed by atoms with E-state index in [0.717, 1.165) is 63.3 Å². The lowest BCUT2D eigenvalue weighted by Gasteiger charge is -2.19. The number of fused-ring (bicyclic) bond motifs is 1. The smallest absolute Gasteiger partial charge is 0.119 e. The van der Waals surface area contributed by atoms with Crippen molar-refractivity contribution in [1.29, 1.82) is 0 Å². The second kappa shape index (κ2) is 13.5. The highest BCUT2D eigenvalue weighted by Gasteiger charge is 2.17. The van der Waals surface area contributed by atoms with Gasteiger partial charge in [0.05, 0.1) is 0 Å². The molecule has 0 bridgehead atoms. The number of aromatic amines is 1. The number of rotatable bonds is 13. The average Bonchev–Trinajstić information content (AvgIpc) is 3.41. The van der Waals surface area contributed by atoms with Crippen molar-refractivity contribution in [2.45, 2.75) is 19.5 Å². The zero-order valence-corrected chi connectivity index (χ0v) is 22.1. The van der Waals surface area contributed by atoms with Gasteiger partial charge in [0.15, 0.2) is 0 Å². The Hall–Kier alpha value is -4.09. The molecule has 4 rings (SSSR count). The molecule has 0 aliphatic heterocycles. The molecule has 0 aliphatic rings. The molecule has 196 valence electrons. The number of benzene rings is 3. The highest BCUT2D eigenvalue weighted by Crippen LogP contribution is 2.37. The summed E-state index contributed by atoms with van der Waals surface area (Å²) in [5.74, 6) is 0.801. The van der Waals surface area contributed by atoms with E-state index in [1.165, 1.54) is 0 Å². The van der Waals surface area contributed by atoms with Gasteiger partial charge in [-0.05, 0) is 76.6 Å². The topological polar surface area (TPSA) is 49.1 Å². The number of aromatic nitrogens is 1. The van der Waals surface area contributed by atoms with Gasteiger partial charge in [-0.25, -0.2) is 4.39 Å². The Balaban J connectivity index is 1.58.